The maximum absolute atomic E-state index is 13.6. The second-order valence-electron chi connectivity index (χ2n) is 7.93. The van der Waals surface area contributed by atoms with Crippen molar-refractivity contribution >= 4 is 10.9 Å². The Hall–Kier alpha value is -3.76. The van der Waals surface area contributed by atoms with E-state index in [-0.39, 0.29) is 18.1 Å². The third-order valence-corrected chi connectivity index (χ3v) is 5.92. The average Bonchev–Trinajstić information content (AvgIpc) is 3.18. The average molecular weight is 425 g/mol. The monoisotopic (exact) mass is 425 g/mol. The summed E-state index contributed by atoms with van der Waals surface area (Å²) >= 11 is 0. The molecular weight excluding hydrogens is 404 g/mol. The van der Waals surface area contributed by atoms with Gasteiger partial charge in [0.15, 0.2) is 0 Å². The van der Waals surface area contributed by atoms with Gasteiger partial charge in [0.05, 0.1) is 5.52 Å². The highest BCUT2D eigenvalue weighted by Gasteiger charge is 2.33. The highest BCUT2D eigenvalue weighted by atomic mass is 19.1. The quantitative estimate of drug-likeness (QED) is 0.347. The van der Waals surface area contributed by atoms with Gasteiger partial charge in [0.1, 0.15) is 17.2 Å². The first-order valence-corrected chi connectivity index (χ1v) is 10.4. The molecule has 0 aliphatic rings. The Balaban J connectivity index is 1.68. The second-order valence-corrected chi connectivity index (χ2v) is 7.93. The number of hydrogen-bond acceptors (Lipinski definition) is 1. The Kier molecular flexibility index (Phi) is 5.08. The van der Waals surface area contributed by atoms with Crippen LogP contribution < -0.4 is 0 Å². The molecule has 5 rings (SSSR count). The summed E-state index contributed by atoms with van der Waals surface area (Å²) in [4.78, 5) is 0. The molecule has 4 aromatic carbocycles. The topological polar surface area (TPSA) is 25.2 Å². The van der Waals surface area contributed by atoms with E-state index in [1.807, 2.05) is 60.8 Å². The van der Waals surface area contributed by atoms with Crippen molar-refractivity contribution < 1.29 is 13.9 Å². The van der Waals surface area contributed by atoms with Gasteiger partial charge in [-0.2, -0.15) is 0 Å². The summed E-state index contributed by atoms with van der Waals surface area (Å²) in [6.45, 7) is 0. The third-order valence-electron chi connectivity index (χ3n) is 5.92. The first-order chi connectivity index (χ1) is 15.5. The number of halogens is 2. The van der Waals surface area contributed by atoms with Gasteiger partial charge in [-0.05, 0) is 59.2 Å². The van der Waals surface area contributed by atoms with E-state index in [2.05, 4.69) is 4.57 Å². The van der Waals surface area contributed by atoms with Crippen molar-refractivity contribution in [2.24, 2.45) is 0 Å². The van der Waals surface area contributed by atoms with Crippen LogP contribution in [0, 0.1) is 11.6 Å². The third kappa shape index (κ3) is 3.59. The SMILES string of the molecule is OC(Cc1cn(-c2ccccc2)c2ccccc12)(c1ccc(F)cc1)c1ccc(F)cc1. The number of rotatable bonds is 5. The molecule has 0 saturated heterocycles. The lowest BCUT2D eigenvalue weighted by Crippen LogP contribution is -2.30. The van der Waals surface area contributed by atoms with Gasteiger partial charge in [0.2, 0.25) is 0 Å². The van der Waals surface area contributed by atoms with Gasteiger partial charge in [0.25, 0.3) is 0 Å². The van der Waals surface area contributed by atoms with Gasteiger partial charge in [-0.25, -0.2) is 8.78 Å². The van der Waals surface area contributed by atoms with Crippen molar-refractivity contribution in [2.75, 3.05) is 0 Å². The Labute approximate surface area is 185 Å². The normalized spacial score (nSPS) is 11.7. The van der Waals surface area contributed by atoms with E-state index in [1.165, 1.54) is 24.3 Å². The van der Waals surface area contributed by atoms with Gasteiger partial charge in [0, 0.05) is 23.7 Å². The van der Waals surface area contributed by atoms with Crippen molar-refractivity contribution in [3.63, 3.8) is 0 Å². The molecule has 1 aromatic heterocycles. The van der Waals surface area contributed by atoms with E-state index in [0.29, 0.717) is 11.1 Å². The summed E-state index contributed by atoms with van der Waals surface area (Å²) in [5.41, 5.74) is 2.59. The summed E-state index contributed by atoms with van der Waals surface area (Å²) < 4.78 is 29.3. The summed E-state index contributed by atoms with van der Waals surface area (Å²) in [6, 6.07) is 29.7. The molecule has 0 amide bonds. The molecule has 0 saturated carbocycles. The molecule has 0 atom stereocenters. The fourth-order valence-corrected chi connectivity index (χ4v) is 4.29. The summed E-state index contributed by atoms with van der Waals surface area (Å²) in [5, 5.41) is 13.0. The highest BCUT2D eigenvalue weighted by Crippen LogP contribution is 2.36. The zero-order valence-corrected chi connectivity index (χ0v) is 17.2. The number of hydrogen-bond donors (Lipinski definition) is 1. The highest BCUT2D eigenvalue weighted by molar-refractivity contribution is 5.86. The lowest BCUT2D eigenvalue weighted by Gasteiger charge is -2.29. The fourth-order valence-electron chi connectivity index (χ4n) is 4.29. The maximum Gasteiger partial charge on any atom is 0.123 e. The standard InChI is InChI=1S/C28H21F2NO/c29-23-14-10-21(11-15-23)28(32,22-12-16-24(30)17-13-22)18-20-19-31(25-6-2-1-3-7-25)27-9-5-4-8-26(20)27/h1-17,19,32H,18H2. The van der Waals surface area contributed by atoms with Crippen molar-refractivity contribution in [2.45, 2.75) is 12.0 Å². The predicted molar refractivity (Wildman–Crippen MR) is 123 cm³/mol. The molecule has 0 unspecified atom stereocenters. The van der Waals surface area contributed by atoms with E-state index in [4.69, 9.17) is 0 Å². The van der Waals surface area contributed by atoms with E-state index in [0.717, 1.165) is 22.2 Å². The minimum atomic E-state index is -1.47. The molecule has 2 nitrogen and oxygen atoms in total. The lowest BCUT2D eigenvalue weighted by atomic mass is 9.81. The molecule has 0 spiro atoms. The number of aromatic nitrogens is 1. The Bertz CT molecular complexity index is 1310. The number of benzene rings is 4. The predicted octanol–water partition coefficient (Wildman–Crippen LogP) is 6.39. The van der Waals surface area contributed by atoms with Crippen LogP contribution >= 0.6 is 0 Å². The number of aliphatic hydroxyl groups is 1. The van der Waals surface area contributed by atoms with Crippen LogP contribution in [0.5, 0.6) is 0 Å². The number of fused-ring (bicyclic) bond motifs is 1. The zero-order chi connectivity index (χ0) is 22.1. The van der Waals surface area contributed by atoms with Crippen LogP contribution in [0.2, 0.25) is 0 Å². The van der Waals surface area contributed by atoms with Gasteiger partial charge in [-0.1, -0.05) is 60.7 Å². The zero-order valence-electron chi connectivity index (χ0n) is 17.2. The van der Waals surface area contributed by atoms with Crippen LogP contribution in [-0.4, -0.2) is 9.67 Å². The molecule has 158 valence electrons. The number of para-hydroxylation sites is 2. The molecule has 32 heavy (non-hydrogen) atoms. The molecule has 0 aliphatic heterocycles. The maximum atomic E-state index is 13.6. The van der Waals surface area contributed by atoms with Crippen LogP contribution in [0.4, 0.5) is 8.78 Å². The van der Waals surface area contributed by atoms with Gasteiger partial charge in [-0.3, -0.25) is 0 Å². The van der Waals surface area contributed by atoms with Crippen LogP contribution in [0.25, 0.3) is 16.6 Å². The minimum Gasteiger partial charge on any atom is -0.380 e. The molecule has 1 N–H and O–H groups in total. The van der Waals surface area contributed by atoms with E-state index in [1.54, 1.807) is 24.3 Å². The van der Waals surface area contributed by atoms with Gasteiger partial charge >= 0.3 is 0 Å². The molecular formula is C28H21F2NO. The molecule has 0 fully saturated rings. The van der Waals surface area contributed by atoms with E-state index >= 15 is 0 Å². The Morgan fingerprint density at radius 2 is 1.19 bits per heavy atom. The molecule has 0 aliphatic carbocycles. The van der Waals surface area contributed by atoms with Crippen LogP contribution in [-0.2, 0) is 12.0 Å². The van der Waals surface area contributed by atoms with Crippen molar-refractivity contribution in [3.05, 3.63) is 138 Å². The molecule has 5 aromatic rings. The van der Waals surface area contributed by atoms with Crippen LogP contribution in [0.15, 0.2) is 109 Å². The minimum absolute atomic E-state index is 0.241. The van der Waals surface area contributed by atoms with Gasteiger partial charge < -0.3 is 9.67 Å². The van der Waals surface area contributed by atoms with Gasteiger partial charge in [-0.15, -0.1) is 0 Å². The van der Waals surface area contributed by atoms with Crippen LogP contribution in [0.3, 0.4) is 0 Å². The Morgan fingerprint density at radius 1 is 0.656 bits per heavy atom. The summed E-state index contributed by atoms with van der Waals surface area (Å²) in [6.07, 6.45) is 2.27. The van der Waals surface area contributed by atoms with E-state index in [9.17, 15) is 13.9 Å². The van der Waals surface area contributed by atoms with Crippen molar-refractivity contribution in [3.8, 4) is 5.69 Å². The summed E-state index contributed by atoms with van der Waals surface area (Å²) in [7, 11) is 0. The molecule has 0 bridgehead atoms. The van der Waals surface area contributed by atoms with Crippen molar-refractivity contribution in [1.82, 2.24) is 4.57 Å². The molecule has 4 heteroatoms. The van der Waals surface area contributed by atoms with Crippen LogP contribution in [0.1, 0.15) is 16.7 Å². The van der Waals surface area contributed by atoms with E-state index < -0.39 is 5.60 Å². The first kappa shape index (κ1) is 20.2. The number of nitrogens with zero attached hydrogens (tertiary/aromatic N) is 1. The fraction of sp³-hybridized carbons (Fsp3) is 0.0714. The Morgan fingerprint density at radius 3 is 1.78 bits per heavy atom. The summed E-state index contributed by atoms with van der Waals surface area (Å²) in [5.74, 6) is -0.758. The first-order valence-electron chi connectivity index (χ1n) is 10.4. The molecule has 0 radical (unpaired) electrons. The molecule has 1 heterocycles. The second kappa shape index (κ2) is 8.06. The lowest BCUT2D eigenvalue weighted by molar-refractivity contribution is 0.0813. The smallest absolute Gasteiger partial charge is 0.123 e. The van der Waals surface area contributed by atoms with Crippen molar-refractivity contribution in [1.29, 1.82) is 0 Å². The largest absolute Gasteiger partial charge is 0.380 e.